The first-order valence-electron chi connectivity index (χ1n) is 6.23. The zero-order valence-corrected chi connectivity index (χ0v) is 10.1. The van der Waals surface area contributed by atoms with E-state index >= 15 is 0 Å². The van der Waals surface area contributed by atoms with Crippen LogP contribution in [0.3, 0.4) is 0 Å². The fourth-order valence-corrected chi connectivity index (χ4v) is 2.42. The number of hydrogen-bond donors (Lipinski definition) is 2. The van der Waals surface area contributed by atoms with Gasteiger partial charge < -0.3 is 10.4 Å². The fourth-order valence-electron chi connectivity index (χ4n) is 2.42. The first-order chi connectivity index (χ1) is 8.22. The Morgan fingerprint density at radius 3 is 2.88 bits per heavy atom. The normalized spacial score (nSPS) is 16.5. The van der Waals surface area contributed by atoms with Gasteiger partial charge in [0, 0.05) is 19.1 Å². The number of hydrogen-bond acceptors (Lipinski definition) is 3. The van der Waals surface area contributed by atoms with E-state index in [1.54, 1.807) is 4.68 Å². The topological polar surface area (TPSA) is 67.2 Å². The molecule has 1 heterocycles. The van der Waals surface area contributed by atoms with Crippen LogP contribution < -0.4 is 5.32 Å². The van der Waals surface area contributed by atoms with Crippen molar-refractivity contribution in [3.8, 4) is 0 Å². The largest absolute Gasteiger partial charge is 0.478 e. The molecule has 0 aromatic carbocycles. The van der Waals surface area contributed by atoms with E-state index < -0.39 is 5.97 Å². The summed E-state index contributed by atoms with van der Waals surface area (Å²) in [6.45, 7) is 3.27. The number of aromatic carboxylic acids is 1. The predicted molar refractivity (Wildman–Crippen MR) is 64.0 cm³/mol. The number of carbonyl (C=O) groups is 1. The minimum Gasteiger partial charge on any atom is -0.478 e. The summed E-state index contributed by atoms with van der Waals surface area (Å²) in [4.78, 5) is 11.1. The van der Waals surface area contributed by atoms with Gasteiger partial charge in [-0.3, -0.25) is 4.68 Å². The van der Waals surface area contributed by atoms with Gasteiger partial charge in [0.2, 0.25) is 0 Å². The van der Waals surface area contributed by atoms with E-state index in [4.69, 9.17) is 5.11 Å². The highest BCUT2D eigenvalue weighted by atomic mass is 16.4. The average Bonchev–Trinajstić information content (AvgIpc) is 2.95. The minimum atomic E-state index is -0.895. The monoisotopic (exact) mass is 237 g/mol. The van der Waals surface area contributed by atoms with E-state index in [9.17, 15) is 4.79 Å². The van der Waals surface area contributed by atoms with Crippen LogP contribution in [-0.4, -0.2) is 26.9 Å². The van der Waals surface area contributed by atoms with Crippen LogP contribution in [-0.2, 0) is 13.1 Å². The zero-order chi connectivity index (χ0) is 12.3. The van der Waals surface area contributed by atoms with Crippen molar-refractivity contribution in [2.45, 2.75) is 51.7 Å². The third-order valence-electron chi connectivity index (χ3n) is 3.39. The summed E-state index contributed by atoms with van der Waals surface area (Å²) in [5.74, 6) is -0.895. The Kier molecular flexibility index (Phi) is 3.78. The molecule has 1 saturated carbocycles. The van der Waals surface area contributed by atoms with Crippen LogP contribution in [0.5, 0.6) is 0 Å². The molecule has 0 atom stereocenters. The van der Waals surface area contributed by atoms with Crippen LogP contribution in [0.25, 0.3) is 0 Å². The Labute approximate surface area is 101 Å². The standard InChI is InChI=1S/C12H19N3O2/c1-2-15-11(10(7-14-15)12(16)17)8-13-9-5-3-4-6-9/h7,9,13H,2-6,8H2,1H3,(H,16,17). The number of nitrogens with zero attached hydrogens (tertiary/aromatic N) is 2. The van der Waals surface area contributed by atoms with Gasteiger partial charge in [0.1, 0.15) is 5.56 Å². The molecule has 0 unspecified atom stereocenters. The second-order valence-electron chi connectivity index (χ2n) is 4.49. The molecule has 2 N–H and O–H groups in total. The molecule has 17 heavy (non-hydrogen) atoms. The highest BCUT2D eigenvalue weighted by Gasteiger charge is 2.19. The number of carboxylic acids is 1. The molecule has 0 bridgehead atoms. The van der Waals surface area contributed by atoms with Gasteiger partial charge in [-0.05, 0) is 19.8 Å². The van der Waals surface area contributed by atoms with Gasteiger partial charge in [-0.2, -0.15) is 5.10 Å². The fraction of sp³-hybridized carbons (Fsp3) is 0.667. The first kappa shape index (κ1) is 12.1. The van der Waals surface area contributed by atoms with Crippen LogP contribution in [0.2, 0.25) is 0 Å². The van der Waals surface area contributed by atoms with Crippen LogP contribution in [0.1, 0.15) is 48.7 Å². The quantitative estimate of drug-likeness (QED) is 0.817. The summed E-state index contributed by atoms with van der Waals surface area (Å²) >= 11 is 0. The number of aromatic nitrogens is 2. The molecule has 0 amide bonds. The van der Waals surface area contributed by atoms with Gasteiger partial charge in [-0.25, -0.2) is 4.79 Å². The molecular weight excluding hydrogens is 218 g/mol. The molecule has 0 aliphatic heterocycles. The Bertz CT molecular complexity index is 394. The molecule has 1 aromatic rings. The van der Waals surface area contributed by atoms with Crippen LogP contribution >= 0.6 is 0 Å². The summed E-state index contributed by atoms with van der Waals surface area (Å²) < 4.78 is 1.76. The maximum absolute atomic E-state index is 11.1. The Morgan fingerprint density at radius 2 is 2.29 bits per heavy atom. The van der Waals surface area contributed by atoms with Crippen molar-refractivity contribution in [3.63, 3.8) is 0 Å². The summed E-state index contributed by atoms with van der Waals surface area (Å²) in [6, 6.07) is 0.539. The van der Waals surface area contributed by atoms with Gasteiger partial charge in [0.15, 0.2) is 0 Å². The molecule has 5 nitrogen and oxygen atoms in total. The van der Waals surface area contributed by atoms with Crippen molar-refractivity contribution < 1.29 is 9.90 Å². The Hall–Kier alpha value is -1.36. The van der Waals surface area contributed by atoms with Crippen LogP contribution in [0.4, 0.5) is 0 Å². The Morgan fingerprint density at radius 1 is 1.59 bits per heavy atom. The molecule has 1 aromatic heterocycles. The molecule has 94 valence electrons. The number of nitrogens with one attached hydrogen (secondary N) is 1. The van der Waals surface area contributed by atoms with Crippen LogP contribution in [0, 0.1) is 0 Å². The molecule has 0 spiro atoms. The summed E-state index contributed by atoms with van der Waals surface area (Å²) in [5.41, 5.74) is 1.10. The van der Waals surface area contributed by atoms with E-state index in [0.29, 0.717) is 24.7 Å². The summed E-state index contributed by atoms with van der Waals surface area (Å²) in [7, 11) is 0. The molecule has 0 radical (unpaired) electrons. The van der Waals surface area contributed by atoms with Crippen LogP contribution in [0.15, 0.2) is 6.20 Å². The van der Waals surface area contributed by atoms with Crippen molar-refractivity contribution in [3.05, 3.63) is 17.5 Å². The minimum absolute atomic E-state index is 0.317. The number of rotatable bonds is 5. The maximum Gasteiger partial charge on any atom is 0.339 e. The average molecular weight is 237 g/mol. The van der Waals surface area contributed by atoms with Gasteiger partial charge in [-0.1, -0.05) is 12.8 Å². The lowest BCUT2D eigenvalue weighted by molar-refractivity contribution is 0.0695. The Balaban J connectivity index is 2.06. The lowest BCUT2D eigenvalue weighted by Gasteiger charge is -2.13. The SMILES string of the molecule is CCn1ncc(C(=O)O)c1CNC1CCCC1. The molecule has 1 aliphatic rings. The molecule has 1 fully saturated rings. The van der Waals surface area contributed by atoms with E-state index in [-0.39, 0.29) is 0 Å². The van der Waals surface area contributed by atoms with Crippen molar-refractivity contribution in [2.75, 3.05) is 0 Å². The molecule has 1 aliphatic carbocycles. The summed E-state index contributed by atoms with van der Waals surface area (Å²) in [5, 5.41) is 16.6. The maximum atomic E-state index is 11.1. The second kappa shape index (κ2) is 5.31. The lowest BCUT2D eigenvalue weighted by Crippen LogP contribution is -2.27. The third kappa shape index (κ3) is 2.66. The highest BCUT2D eigenvalue weighted by Crippen LogP contribution is 2.18. The highest BCUT2D eigenvalue weighted by molar-refractivity contribution is 5.88. The number of carboxylic acid groups (broad SMARTS) is 1. The number of aryl methyl sites for hydroxylation is 1. The first-order valence-corrected chi connectivity index (χ1v) is 6.23. The zero-order valence-electron chi connectivity index (χ0n) is 10.1. The molecule has 2 rings (SSSR count). The molecular formula is C12H19N3O2. The second-order valence-corrected chi connectivity index (χ2v) is 4.49. The predicted octanol–water partition coefficient (Wildman–Crippen LogP) is 1.63. The van der Waals surface area contributed by atoms with Gasteiger partial charge in [0.05, 0.1) is 11.9 Å². The van der Waals surface area contributed by atoms with Gasteiger partial charge in [-0.15, -0.1) is 0 Å². The molecule has 0 saturated heterocycles. The van der Waals surface area contributed by atoms with E-state index in [2.05, 4.69) is 10.4 Å². The van der Waals surface area contributed by atoms with Crippen molar-refractivity contribution in [1.82, 2.24) is 15.1 Å². The van der Waals surface area contributed by atoms with Crippen molar-refractivity contribution in [2.24, 2.45) is 0 Å². The van der Waals surface area contributed by atoms with E-state index in [1.165, 1.54) is 31.9 Å². The third-order valence-corrected chi connectivity index (χ3v) is 3.39. The van der Waals surface area contributed by atoms with Gasteiger partial charge >= 0.3 is 5.97 Å². The smallest absolute Gasteiger partial charge is 0.339 e. The lowest BCUT2D eigenvalue weighted by atomic mass is 10.2. The van der Waals surface area contributed by atoms with Crippen molar-refractivity contribution in [1.29, 1.82) is 0 Å². The van der Waals surface area contributed by atoms with E-state index in [1.807, 2.05) is 6.92 Å². The van der Waals surface area contributed by atoms with E-state index in [0.717, 1.165) is 5.69 Å². The van der Waals surface area contributed by atoms with Gasteiger partial charge in [0.25, 0.3) is 0 Å². The van der Waals surface area contributed by atoms with Crippen molar-refractivity contribution >= 4 is 5.97 Å². The molecule has 5 heteroatoms. The summed E-state index contributed by atoms with van der Waals surface area (Å²) in [6.07, 6.45) is 6.38.